The molecule has 0 heterocycles. The van der Waals surface area contributed by atoms with Gasteiger partial charge in [-0.3, -0.25) is 19.6 Å². The molecule has 44 heavy (non-hydrogen) atoms. The van der Waals surface area contributed by atoms with Gasteiger partial charge < -0.3 is 47.8 Å². The molecule has 0 bridgehead atoms. The lowest BCUT2D eigenvalue weighted by molar-refractivity contribution is -0.156. The summed E-state index contributed by atoms with van der Waals surface area (Å²) in [5.74, 6) is -0.569. The lowest BCUT2D eigenvalue weighted by Crippen LogP contribution is -2.57. The van der Waals surface area contributed by atoms with Gasteiger partial charge in [-0.15, -0.1) is 0 Å². The fourth-order valence-electron chi connectivity index (χ4n) is 4.62. The van der Waals surface area contributed by atoms with E-state index in [9.17, 15) is 30.0 Å². The number of nitrogens with one attached hydrogen (secondary N) is 3. The molecule has 13 nitrogen and oxygen atoms in total. The highest BCUT2D eigenvalue weighted by Gasteiger charge is 2.38. The number of carbonyl (C=O) groups is 2. The Labute approximate surface area is 264 Å². The van der Waals surface area contributed by atoms with Crippen molar-refractivity contribution in [1.29, 1.82) is 0 Å². The van der Waals surface area contributed by atoms with E-state index >= 15 is 0 Å². The predicted molar refractivity (Wildman–Crippen MR) is 176 cm³/mol. The molecule has 5 unspecified atom stereocenters. The summed E-state index contributed by atoms with van der Waals surface area (Å²) in [5, 5.41) is 49.4. The number of aliphatic hydroxyl groups is 4. The lowest BCUT2D eigenvalue weighted by atomic mass is 9.90. The van der Waals surface area contributed by atoms with Crippen molar-refractivity contribution < 1.29 is 30.0 Å². The van der Waals surface area contributed by atoms with E-state index in [-0.39, 0.29) is 18.0 Å². The number of hydrogen-bond donors (Lipinski definition) is 9. The Morgan fingerprint density at radius 1 is 0.750 bits per heavy atom. The van der Waals surface area contributed by atoms with Gasteiger partial charge in [-0.2, -0.15) is 0 Å². The number of rotatable bonds is 20. The van der Waals surface area contributed by atoms with Crippen molar-refractivity contribution in [3.05, 3.63) is 0 Å². The van der Waals surface area contributed by atoms with E-state index in [4.69, 9.17) is 16.5 Å². The normalized spacial score (nSPS) is 17.5. The smallest absolute Gasteiger partial charge is 0.252 e. The average Bonchev–Trinajstić information content (AvgIpc) is 2.87. The summed E-state index contributed by atoms with van der Waals surface area (Å²) in [7, 11) is 0. The van der Waals surface area contributed by atoms with Crippen LogP contribution in [0, 0.1) is 5.92 Å². The van der Waals surface area contributed by atoms with Crippen LogP contribution in [-0.4, -0.2) is 105 Å². The monoisotopic (exact) mass is 629 g/mol. The quantitative estimate of drug-likeness (QED) is 0.0524. The molecule has 0 aliphatic heterocycles. The van der Waals surface area contributed by atoms with E-state index in [1.165, 1.54) is 0 Å². The summed E-state index contributed by atoms with van der Waals surface area (Å²) in [6.45, 7) is 18.7. The van der Waals surface area contributed by atoms with Crippen LogP contribution in [0.3, 0.4) is 0 Å². The summed E-state index contributed by atoms with van der Waals surface area (Å²) >= 11 is 0. The third kappa shape index (κ3) is 19.1. The molecule has 0 saturated carbocycles. The summed E-state index contributed by atoms with van der Waals surface area (Å²) in [6, 6.07) is 0. The highest BCUT2D eigenvalue weighted by molar-refractivity contribution is 5.84. The maximum Gasteiger partial charge on any atom is 0.252 e. The van der Waals surface area contributed by atoms with Crippen LogP contribution in [0.5, 0.6) is 0 Å². The van der Waals surface area contributed by atoms with E-state index in [0.717, 1.165) is 38.6 Å². The molecular formula is C31H63N7O6. The van der Waals surface area contributed by atoms with E-state index in [0.29, 0.717) is 31.1 Å². The first-order valence-electron chi connectivity index (χ1n) is 15.8. The van der Waals surface area contributed by atoms with Crippen molar-refractivity contribution >= 4 is 23.5 Å². The van der Waals surface area contributed by atoms with E-state index < -0.39 is 47.3 Å². The van der Waals surface area contributed by atoms with Crippen molar-refractivity contribution in [1.82, 2.24) is 16.0 Å². The highest BCUT2D eigenvalue weighted by Crippen LogP contribution is 2.21. The fraction of sp³-hybridized carbons (Fsp3) is 0.871. The maximum atomic E-state index is 12.6. The van der Waals surface area contributed by atoms with Gasteiger partial charge in [-0.1, -0.05) is 26.7 Å². The van der Waals surface area contributed by atoms with Gasteiger partial charge in [-0.05, 0) is 73.6 Å². The number of carbonyl (C=O) groups excluding carboxylic acids is 2. The topological polar surface area (TPSA) is 228 Å². The third-order valence-electron chi connectivity index (χ3n) is 6.64. The lowest BCUT2D eigenvalue weighted by Gasteiger charge is -2.30. The summed E-state index contributed by atoms with van der Waals surface area (Å²) < 4.78 is 0. The second-order valence-electron chi connectivity index (χ2n) is 14.5. The second kappa shape index (κ2) is 19.3. The number of aliphatic imine (C=N–C) groups is 2. The molecule has 258 valence electrons. The minimum Gasteiger partial charge on any atom is -0.387 e. The molecule has 0 aromatic rings. The molecule has 0 radical (unpaired) electrons. The molecule has 2 amide bonds. The molecule has 11 N–H and O–H groups in total. The molecule has 0 aromatic carbocycles. The van der Waals surface area contributed by atoms with E-state index in [1.54, 1.807) is 20.8 Å². The Hall–Kier alpha value is -2.32. The van der Waals surface area contributed by atoms with Crippen molar-refractivity contribution in [3.63, 3.8) is 0 Å². The number of amidine groups is 2. The Balaban J connectivity index is 4.87. The number of nitrogens with zero attached hydrogens (tertiary/aromatic N) is 2. The van der Waals surface area contributed by atoms with Crippen molar-refractivity contribution in [2.45, 2.75) is 148 Å². The predicted octanol–water partition coefficient (Wildman–Crippen LogP) is 0.709. The van der Waals surface area contributed by atoms with Gasteiger partial charge in [0.15, 0.2) is 12.2 Å². The SMILES string of the molecule is CC(C)CC(C)(CNC(=O)C(O)C(O)C(O)C(O)C(=O)NC(C)(C)C)N=C(N)CCCCCCC(N)=NCCNC(C)(C)C. The van der Waals surface area contributed by atoms with Gasteiger partial charge in [0.25, 0.3) is 11.8 Å². The van der Waals surface area contributed by atoms with Gasteiger partial charge >= 0.3 is 0 Å². The van der Waals surface area contributed by atoms with Crippen molar-refractivity contribution in [2.75, 3.05) is 19.6 Å². The molecule has 0 aliphatic carbocycles. The molecule has 0 rings (SSSR count). The minimum atomic E-state index is -2.10. The van der Waals surface area contributed by atoms with Crippen LogP contribution in [0.2, 0.25) is 0 Å². The Morgan fingerprint density at radius 2 is 1.25 bits per heavy atom. The van der Waals surface area contributed by atoms with Crippen LogP contribution in [0.4, 0.5) is 0 Å². The van der Waals surface area contributed by atoms with Crippen LogP contribution in [-0.2, 0) is 9.59 Å². The third-order valence-corrected chi connectivity index (χ3v) is 6.64. The average molecular weight is 630 g/mol. The van der Waals surface area contributed by atoms with Crippen LogP contribution in [0.15, 0.2) is 9.98 Å². The van der Waals surface area contributed by atoms with Crippen LogP contribution in [0.1, 0.15) is 107 Å². The fourth-order valence-corrected chi connectivity index (χ4v) is 4.62. The number of hydrogen-bond acceptors (Lipinski definition) is 9. The standard InChI is InChI=1S/C31H63N7O6/c1-20(2)18-31(9,19-35-27(43)25(41)23(39)24(40)26(42)28(44)38-30(6,7)8)37-22(33)15-13-11-10-12-14-21(32)34-16-17-36-29(3,4)5/h20,23-26,36,39-42H,10-19H2,1-9H3,(H2,32,34)(H2,33,37)(H,35,43)(H,38,44). The molecule has 5 atom stereocenters. The van der Waals surface area contributed by atoms with Crippen LogP contribution >= 0.6 is 0 Å². The largest absolute Gasteiger partial charge is 0.387 e. The first kappa shape index (κ1) is 41.7. The van der Waals surface area contributed by atoms with Gasteiger partial charge in [0, 0.05) is 37.0 Å². The van der Waals surface area contributed by atoms with Crippen LogP contribution in [0.25, 0.3) is 0 Å². The van der Waals surface area contributed by atoms with Gasteiger partial charge in [0.05, 0.1) is 23.8 Å². The minimum absolute atomic E-state index is 0.0154. The Bertz CT molecular complexity index is 929. The first-order chi connectivity index (χ1) is 20.1. The van der Waals surface area contributed by atoms with E-state index in [2.05, 4.69) is 41.7 Å². The number of aliphatic hydroxyl groups excluding tert-OH is 4. The first-order valence-corrected chi connectivity index (χ1v) is 15.8. The molecule has 0 saturated heterocycles. The van der Waals surface area contributed by atoms with Gasteiger partial charge in [0.2, 0.25) is 0 Å². The van der Waals surface area contributed by atoms with Crippen LogP contribution < -0.4 is 27.4 Å². The van der Waals surface area contributed by atoms with Gasteiger partial charge in [-0.25, -0.2) is 0 Å². The number of amides is 2. The molecular weight excluding hydrogens is 566 g/mol. The summed E-state index contributed by atoms with van der Waals surface area (Å²) in [6.07, 6.45) is -2.67. The van der Waals surface area contributed by atoms with Crippen molar-refractivity contribution in [2.24, 2.45) is 27.4 Å². The maximum absolute atomic E-state index is 12.6. The molecule has 0 aromatic heterocycles. The second-order valence-corrected chi connectivity index (χ2v) is 14.5. The molecule has 0 aliphatic rings. The molecule has 13 heteroatoms. The zero-order valence-electron chi connectivity index (χ0n) is 28.6. The number of unbranched alkanes of at least 4 members (excludes halogenated alkanes) is 3. The highest BCUT2D eigenvalue weighted by atomic mass is 16.4. The number of nitrogens with two attached hydrogens (primary N) is 2. The molecule has 0 fully saturated rings. The zero-order valence-corrected chi connectivity index (χ0v) is 28.6. The van der Waals surface area contributed by atoms with E-state index in [1.807, 2.05) is 20.8 Å². The van der Waals surface area contributed by atoms with Gasteiger partial charge in [0.1, 0.15) is 12.2 Å². The zero-order chi connectivity index (χ0) is 34.3. The summed E-state index contributed by atoms with van der Waals surface area (Å²) in [5.41, 5.74) is 10.9. The molecule has 0 spiro atoms. The Morgan fingerprint density at radius 3 is 1.73 bits per heavy atom. The summed E-state index contributed by atoms with van der Waals surface area (Å²) in [4.78, 5) is 33.9. The van der Waals surface area contributed by atoms with Crippen molar-refractivity contribution in [3.8, 4) is 0 Å². The Kier molecular flexibility index (Phi) is 18.2.